The van der Waals surface area contributed by atoms with Crippen molar-refractivity contribution >= 4 is 17.3 Å². The number of benzene rings is 1. The van der Waals surface area contributed by atoms with Crippen molar-refractivity contribution in [3.8, 4) is 11.3 Å². The average molecular weight is 328 g/mol. The van der Waals surface area contributed by atoms with E-state index in [2.05, 4.69) is 33.6 Å². The van der Waals surface area contributed by atoms with Gasteiger partial charge in [-0.05, 0) is 12.1 Å². The van der Waals surface area contributed by atoms with E-state index in [1.165, 1.54) is 0 Å². The van der Waals surface area contributed by atoms with Crippen LogP contribution < -0.4 is 11.1 Å². The number of hydrogen-bond acceptors (Lipinski definition) is 4. The number of halogens is 1. The first-order valence-corrected chi connectivity index (χ1v) is 7.70. The van der Waals surface area contributed by atoms with Crippen LogP contribution in [0.3, 0.4) is 0 Å². The second-order valence-corrected chi connectivity index (χ2v) is 5.71. The first kappa shape index (κ1) is 15.5. The van der Waals surface area contributed by atoms with E-state index in [1.807, 2.05) is 29.9 Å². The van der Waals surface area contributed by atoms with Gasteiger partial charge in [-0.2, -0.15) is 5.10 Å². The van der Waals surface area contributed by atoms with Crippen molar-refractivity contribution < 1.29 is 0 Å². The Morgan fingerprint density at radius 1 is 1.17 bits per heavy atom. The second-order valence-electron chi connectivity index (χ2n) is 5.32. The topological polar surface area (TPSA) is 68.8 Å². The minimum Gasteiger partial charge on any atom is -0.398 e. The fourth-order valence-electron chi connectivity index (χ4n) is 2.37. The molecule has 0 aliphatic heterocycles. The van der Waals surface area contributed by atoms with E-state index in [0.717, 1.165) is 22.5 Å². The minimum atomic E-state index is 0.408. The van der Waals surface area contributed by atoms with Crippen LogP contribution in [0.15, 0.2) is 48.7 Å². The van der Waals surface area contributed by atoms with Gasteiger partial charge in [0.1, 0.15) is 5.15 Å². The van der Waals surface area contributed by atoms with Gasteiger partial charge in [0.05, 0.1) is 11.4 Å². The Morgan fingerprint density at radius 2 is 1.96 bits per heavy atom. The predicted octanol–water partition coefficient (Wildman–Crippen LogP) is 3.01. The molecule has 0 fully saturated rings. The van der Waals surface area contributed by atoms with Gasteiger partial charge in [-0.3, -0.25) is 4.68 Å². The van der Waals surface area contributed by atoms with Crippen molar-refractivity contribution in [2.24, 2.45) is 7.05 Å². The molecule has 0 saturated carbocycles. The van der Waals surface area contributed by atoms with Gasteiger partial charge >= 0.3 is 0 Å². The Labute approximate surface area is 140 Å². The van der Waals surface area contributed by atoms with Gasteiger partial charge in [0.15, 0.2) is 0 Å². The molecule has 3 aromatic rings. The summed E-state index contributed by atoms with van der Waals surface area (Å²) < 4.78 is 1.89. The number of rotatable bonds is 5. The number of nitrogens with two attached hydrogens (primary N) is 1. The van der Waals surface area contributed by atoms with Gasteiger partial charge in [0, 0.05) is 43.1 Å². The number of nitrogen functional groups attached to an aromatic ring is 1. The van der Waals surface area contributed by atoms with E-state index >= 15 is 0 Å². The SMILES string of the molecule is Cn1nc(-c2ccccc2)cc1CNCc1cnc(Cl)cc1N. The molecule has 6 heteroatoms. The molecule has 0 atom stereocenters. The highest BCUT2D eigenvalue weighted by atomic mass is 35.5. The molecule has 118 valence electrons. The molecule has 5 nitrogen and oxygen atoms in total. The van der Waals surface area contributed by atoms with Crippen LogP contribution in [0.2, 0.25) is 5.15 Å². The number of aromatic nitrogens is 3. The van der Waals surface area contributed by atoms with E-state index in [-0.39, 0.29) is 0 Å². The Kier molecular flexibility index (Phi) is 4.60. The van der Waals surface area contributed by atoms with E-state index in [4.69, 9.17) is 17.3 Å². The molecule has 0 radical (unpaired) electrons. The van der Waals surface area contributed by atoms with Gasteiger partial charge in [-0.15, -0.1) is 0 Å². The molecular weight excluding hydrogens is 310 g/mol. The van der Waals surface area contributed by atoms with Gasteiger partial charge in [0.25, 0.3) is 0 Å². The predicted molar refractivity (Wildman–Crippen MR) is 92.8 cm³/mol. The minimum absolute atomic E-state index is 0.408. The number of pyridine rings is 1. The molecule has 0 saturated heterocycles. The molecule has 1 aromatic carbocycles. The maximum Gasteiger partial charge on any atom is 0.131 e. The summed E-state index contributed by atoms with van der Waals surface area (Å²) in [6, 6.07) is 13.9. The van der Waals surface area contributed by atoms with Crippen LogP contribution in [0, 0.1) is 0 Å². The highest BCUT2D eigenvalue weighted by Crippen LogP contribution is 2.19. The van der Waals surface area contributed by atoms with E-state index < -0.39 is 0 Å². The van der Waals surface area contributed by atoms with Crippen LogP contribution in [-0.2, 0) is 20.1 Å². The molecule has 2 aromatic heterocycles. The van der Waals surface area contributed by atoms with Crippen LogP contribution >= 0.6 is 11.6 Å². The molecule has 0 aliphatic carbocycles. The summed E-state index contributed by atoms with van der Waals surface area (Å²) >= 11 is 5.81. The van der Waals surface area contributed by atoms with Gasteiger partial charge < -0.3 is 11.1 Å². The standard InChI is InChI=1S/C17H18ClN5/c1-23-14(7-16(22-23)12-5-3-2-4-6-12)11-20-9-13-10-21-17(18)8-15(13)19/h2-8,10,20H,9,11H2,1H3,(H2,19,21). The molecule has 2 heterocycles. The quantitative estimate of drug-likeness (QED) is 0.707. The van der Waals surface area contributed by atoms with Crippen LogP contribution in [0.4, 0.5) is 5.69 Å². The zero-order valence-corrected chi connectivity index (χ0v) is 13.6. The summed E-state index contributed by atoms with van der Waals surface area (Å²) in [6.07, 6.45) is 1.70. The average Bonchev–Trinajstić information content (AvgIpc) is 2.91. The molecular formula is C17H18ClN5. The molecule has 23 heavy (non-hydrogen) atoms. The lowest BCUT2D eigenvalue weighted by atomic mass is 10.1. The number of aryl methyl sites for hydroxylation is 1. The Morgan fingerprint density at radius 3 is 2.70 bits per heavy atom. The molecule has 0 unspecified atom stereocenters. The highest BCUT2D eigenvalue weighted by molar-refractivity contribution is 6.29. The molecule has 0 spiro atoms. The van der Waals surface area contributed by atoms with Gasteiger partial charge in [-0.25, -0.2) is 4.98 Å². The number of hydrogen-bond donors (Lipinski definition) is 2. The zero-order valence-electron chi connectivity index (χ0n) is 12.8. The summed E-state index contributed by atoms with van der Waals surface area (Å²) in [7, 11) is 1.95. The fraction of sp³-hybridized carbons (Fsp3) is 0.176. The lowest BCUT2D eigenvalue weighted by molar-refractivity contribution is 0.626. The molecule has 3 N–H and O–H groups in total. The number of nitrogens with one attached hydrogen (secondary N) is 1. The van der Waals surface area contributed by atoms with Crippen molar-refractivity contribution in [3.63, 3.8) is 0 Å². The first-order valence-electron chi connectivity index (χ1n) is 7.32. The maximum absolute atomic E-state index is 5.93. The van der Waals surface area contributed by atoms with Crippen LogP contribution in [0.25, 0.3) is 11.3 Å². The maximum atomic E-state index is 5.93. The third kappa shape index (κ3) is 3.70. The highest BCUT2D eigenvalue weighted by Gasteiger charge is 2.07. The molecule has 3 rings (SSSR count). The Hall–Kier alpha value is -2.37. The van der Waals surface area contributed by atoms with Crippen LogP contribution in [-0.4, -0.2) is 14.8 Å². The van der Waals surface area contributed by atoms with Crippen molar-refractivity contribution in [2.45, 2.75) is 13.1 Å². The second kappa shape index (κ2) is 6.81. The smallest absolute Gasteiger partial charge is 0.131 e. The lowest BCUT2D eigenvalue weighted by Gasteiger charge is -2.07. The zero-order chi connectivity index (χ0) is 16.2. The third-order valence-corrected chi connectivity index (χ3v) is 3.86. The van der Waals surface area contributed by atoms with Gasteiger partial charge in [0.2, 0.25) is 0 Å². The summed E-state index contributed by atoms with van der Waals surface area (Å²) in [5.74, 6) is 0. The Bertz CT molecular complexity index is 798. The van der Waals surface area contributed by atoms with Crippen molar-refractivity contribution in [3.05, 3.63) is 65.1 Å². The number of nitrogens with zero attached hydrogens (tertiary/aromatic N) is 3. The summed E-state index contributed by atoms with van der Waals surface area (Å²) in [5, 5.41) is 8.33. The number of anilines is 1. The third-order valence-electron chi connectivity index (χ3n) is 3.66. The van der Waals surface area contributed by atoms with Crippen molar-refractivity contribution in [1.82, 2.24) is 20.1 Å². The van der Waals surface area contributed by atoms with Crippen LogP contribution in [0.1, 0.15) is 11.3 Å². The first-order chi connectivity index (χ1) is 11.1. The summed E-state index contributed by atoms with van der Waals surface area (Å²) in [5.41, 5.74) is 10.7. The lowest BCUT2D eigenvalue weighted by Crippen LogP contribution is -2.16. The summed E-state index contributed by atoms with van der Waals surface area (Å²) in [4.78, 5) is 4.05. The van der Waals surface area contributed by atoms with Gasteiger partial charge in [-0.1, -0.05) is 41.9 Å². The summed E-state index contributed by atoms with van der Waals surface area (Å²) in [6.45, 7) is 1.32. The normalized spacial score (nSPS) is 10.9. The van der Waals surface area contributed by atoms with E-state index in [0.29, 0.717) is 23.9 Å². The van der Waals surface area contributed by atoms with Crippen LogP contribution in [0.5, 0.6) is 0 Å². The molecule has 0 amide bonds. The molecule has 0 bridgehead atoms. The Balaban J connectivity index is 1.66. The largest absolute Gasteiger partial charge is 0.398 e. The van der Waals surface area contributed by atoms with Crippen molar-refractivity contribution in [1.29, 1.82) is 0 Å². The van der Waals surface area contributed by atoms with E-state index in [1.54, 1.807) is 12.3 Å². The fourth-order valence-corrected chi connectivity index (χ4v) is 2.53. The van der Waals surface area contributed by atoms with Crippen molar-refractivity contribution in [2.75, 3.05) is 5.73 Å². The van der Waals surface area contributed by atoms with E-state index in [9.17, 15) is 0 Å². The monoisotopic (exact) mass is 327 g/mol. The molecule has 0 aliphatic rings.